The fourth-order valence-electron chi connectivity index (χ4n) is 3.96. The zero-order chi connectivity index (χ0) is 17.8. The highest BCUT2D eigenvalue weighted by atomic mass is 32.2. The standard InChI is InChI=1S/C18H18N2O4S/c1-25(23,24)12-7-9-15(16(10-12)20(21)22)19-18-14-8-6-11-4-2-3-5-13(11)17(14)18/h2-5,7,9-10,14,17-19H,6,8H2,1H3. The summed E-state index contributed by atoms with van der Waals surface area (Å²) in [7, 11) is -3.48. The number of hydrogen-bond acceptors (Lipinski definition) is 5. The van der Waals surface area contributed by atoms with E-state index in [1.54, 1.807) is 0 Å². The van der Waals surface area contributed by atoms with Gasteiger partial charge in [0.2, 0.25) is 0 Å². The van der Waals surface area contributed by atoms with Crippen molar-refractivity contribution in [2.45, 2.75) is 29.7 Å². The monoisotopic (exact) mass is 358 g/mol. The van der Waals surface area contributed by atoms with E-state index in [-0.39, 0.29) is 16.6 Å². The van der Waals surface area contributed by atoms with Gasteiger partial charge in [0.1, 0.15) is 5.69 Å². The molecule has 0 spiro atoms. The number of fused-ring (bicyclic) bond motifs is 3. The SMILES string of the molecule is CS(=O)(=O)c1ccc(NC2C3CCc4ccccc4C32)c([N+](=O)[O-])c1. The zero-order valence-electron chi connectivity index (χ0n) is 13.7. The number of nitrogens with zero attached hydrogens (tertiary/aromatic N) is 1. The second-order valence-corrected chi connectivity index (χ2v) is 8.82. The maximum Gasteiger partial charge on any atom is 0.293 e. The summed E-state index contributed by atoms with van der Waals surface area (Å²) in [6.45, 7) is 0. The van der Waals surface area contributed by atoms with Gasteiger partial charge in [0.25, 0.3) is 5.69 Å². The molecule has 0 aromatic heterocycles. The lowest BCUT2D eigenvalue weighted by Gasteiger charge is -2.13. The first-order valence-corrected chi connectivity index (χ1v) is 10.1. The predicted molar refractivity (Wildman–Crippen MR) is 94.6 cm³/mol. The first kappa shape index (κ1) is 16.1. The highest BCUT2D eigenvalue weighted by Gasteiger charge is 2.53. The minimum Gasteiger partial charge on any atom is -0.376 e. The fourth-order valence-corrected chi connectivity index (χ4v) is 4.60. The molecule has 0 heterocycles. The Bertz CT molecular complexity index is 971. The Hall–Kier alpha value is -2.41. The van der Waals surface area contributed by atoms with Gasteiger partial charge >= 0.3 is 0 Å². The van der Waals surface area contributed by atoms with Crippen molar-refractivity contribution in [3.8, 4) is 0 Å². The van der Waals surface area contributed by atoms with Gasteiger partial charge in [-0.05, 0) is 42.0 Å². The quantitative estimate of drug-likeness (QED) is 0.670. The van der Waals surface area contributed by atoms with E-state index in [0.717, 1.165) is 25.2 Å². The molecule has 25 heavy (non-hydrogen) atoms. The fraction of sp³-hybridized carbons (Fsp3) is 0.333. The summed E-state index contributed by atoms with van der Waals surface area (Å²) >= 11 is 0. The largest absolute Gasteiger partial charge is 0.376 e. The van der Waals surface area contributed by atoms with Crippen LogP contribution in [-0.4, -0.2) is 25.6 Å². The Morgan fingerprint density at radius 3 is 2.68 bits per heavy atom. The van der Waals surface area contributed by atoms with Crippen molar-refractivity contribution in [1.82, 2.24) is 0 Å². The summed E-state index contributed by atoms with van der Waals surface area (Å²) in [4.78, 5) is 10.8. The van der Waals surface area contributed by atoms with Gasteiger partial charge in [-0.2, -0.15) is 0 Å². The van der Waals surface area contributed by atoms with Crippen molar-refractivity contribution in [2.24, 2.45) is 5.92 Å². The molecule has 2 aromatic rings. The van der Waals surface area contributed by atoms with Crippen LogP contribution in [0.1, 0.15) is 23.5 Å². The minimum absolute atomic E-state index is 0.0386. The summed E-state index contributed by atoms with van der Waals surface area (Å²) in [6, 6.07) is 12.6. The van der Waals surface area contributed by atoms with E-state index in [1.807, 2.05) is 12.1 Å². The number of aryl methyl sites for hydroxylation is 1. The van der Waals surface area contributed by atoms with Crippen LogP contribution in [0.25, 0.3) is 0 Å². The molecule has 130 valence electrons. The van der Waals surface area contributed by atoms with E-state index in [0.29, 0.717) is 17.5 Å². The van der Waals surface area contributed by atoms with Crippen molar-refractivity contribution in [3.63, 3.8) is 0 Å². The van der Waals surface area contributed by atoms with Crippen molar-refractivity contribution < 1.29 is 13.3 Å². The van der Waals surface area contributed by atoms with Crippen molar-refractivity contribution in [2.75, 3.05) is 11.6 Å². The summed E-state index contributed by atoms with van der Waals surface area (Å²) < 4.78 is 23.3. The molecular formula is C18H18N2O4S. The zero-order valence-corrected chi connectivity index (χ0v) is 14.5. The lowest BCUT2D eigenvalue weighted by Crippen LogP contribution is -2.09. The normalized spacial score (nSPS) is 24.1. The van der Waals surface area contributed by atoms with E-state index in [9.17, 15) is 18.5 Å². The highest BCUT2D eigenvalue weighted by Crippen LogP contribution is 2.56. The molecule has 0 saturated heterocycles. The van der Waals surface area contributed by atoms with Gasteiger partial charge in [-0.15, -0.1) is 0 Å². The molecule has 2 aliphatic rings. The summed E-state index contributed by atoms with van der Waals surface area (Å²) in [5.41, 5.74) is 2.87. The van der Waals surface area contributed by atoms with E-state index in [1.165, 1.54) is 23.3 Å². The smallest absolute Gasteiger partial charge is 0.293 e. The minimum atomic E-state index is -3.48. The van der Waals surface area contributed by atoms with Crippen LogP contribution in [0, 0.1) is 16.0 Å². The second kappa shape index (κ2) is 5.56. The lowest BCUT2D eigenvalue weighted by molar-refractivity contribution is -0.384. The van der Waals surface area contributed by atoms with Crippen LogP contribution in [0.3, 0.4) is 0 Å². The Morgan fingerprint density at radius 2 is 1.96 bits per heavy atom. The number of sulfone groups is 1. The lowest BCUT2D eigenvalue weighted by atomic mass is 9.92. The molecule has 4 rings (SSSR count). The van der Waals surface area contributed by atoms with Gasteiger partial charge in [-0.25, -0.2) is 8.42 Å². The van der Waals surface area contributed by atoms with Gasteiger partial charge in [0, 0.05) is 24.3 Å². The first-order valence-electron chi connectivity index (χ1n) is 8.19. The van der Waals surface area contributed by atoms with E-state index < -0.39 is 14.8 Å². The Morgan fingerprint density at radius 1 is 1.20 bits per heavy atom. The molecule has 0 amide bonds. The molecular weight excluding hydrogens is 340 g/mol. The molecule has 1 saturated carbocycles. The molecule has 0 bridgehead atoms. The van der Waals surface area contributed by atoms with Crippen LogP contribution >= 0.6 is 0 Å². The van der Waals surface area contributed by atoms with Crippen LogP contribution < -0.4 is 5.32 Å². The van der Waals surface area contributed by atoms with Crippen molar-refractivity contribution >= 4 is 21.2 Å². The number of anilines is 1. The number of benzene rings is 2. The third kappa shape index (κ3) is 2.78. The van der Waals surface area contributed by atoms with Gasteiger partial charge in [0.15, 0.2) is 9.84 Å². The molecule has 3 unspecified atom stereocenters. The molecule has 2 aromatic carbocycles. The molecule has 0 radical (unpaired) electrons. The summed E-state index contributed by atoms with van der Waals surface area (Å²) in [5, 5.41) is 14.7. The summed E-state index contributed by atoms with van der Waals surface area (Å²) in [5.74, 6) is 0.850. The summed E-state index contributed by atoms with van der Waals surface area (Å²) in [6.07, 6.45) is 3.14. The molecule has 1 N–H and O–H groups in total. The maximum atomic E-state index is 11.7. The molecule has 0 aliphatic heterocycles. The third-order valence-corrected chi connectivity index (χ3v) is 6.36. The molecule has 7 heteroatoms. The highest BCUT2D eigenvalue weighted by molar-refractivity contribution is 7.90. The van der Waals surface area contributed by atoms with Crippen LogP contribution in [0.2, 0.25) is 0 Å². The van der Waals surface area contributed by atoms with Crippen LogP contribution in [0.15, 0.2) is 47.4 Å². The van der Waals surface area contributed by atoms with Gasteiger partial charge < -0.3 is 5.32 Å². The number of nitro benzene ring substituents is 1. The number of nitrogens with one attached hydrogen (secondary N) is 1. The molecule has 2 aliphatic carbocycles. The third-order valence-electron chi connectivity index (χ3n) is 5.25. The predicted octanol–water partition coefficient (Wildman–Crippen LogP) is 3.14. The Labute approximate surface area is 145 Å². The average Bonchev–Trinajstić information content (AvgIpc) is 3.27. The average molecular weight is 358 g/mol. The van der Waals surface area contributed by atoms with Gasteiger partial charge in [-0.1, -0.05) is 24.3 Å². The van der Waals surface area contributed by atoms with Crippen molar-refractivity contribution in [3.05, 3.63) is 63.7 Å². The topological polar surface area (TPSA) is 89.3 Å². The molecule has 6 nitrogen and oxygen atoms in total. The van der Waals surface area contributed by atoms with Crippen LogP contribution in [0.4, 0.5) is 11.4 Å². The molecule has 1 fully saturated rings. The Kier molecular flexibility index (Phi) is 3.57. The van der Waals surface area contributed by atoms with E-state index >= 15 is 0 Å². The van der Waals surface area contributed by atoms with Gasteiger partial charge in [-0.3, -0.25) is 10.1 Å². The van der Waals surface area contributed by atoms with Crippen molar-refractivity contribution in [1.29, 1.82) is 0 Å². The number of nitro groups is 1. The van der Waals surface area contributed by atoms with Crippen LogP contribution in [0.5, 0.6) is 0 Å². The number of rotatable bonds is 4. The number of hydrogen-bond donors (Lipinski definition) is 1. The Balaban J connectivity index is 1.64. The van der Waals surface area contributed by atoms with Crippen LogP contribution in [-0.2, 0) is 16.3 Å². The van der Waals surface area contributed by atoms with E-state index in [4.69, 9.17) is 0 Å². The molecule has 3 atom stereocenters. The van der Waals surface area contributed by atoms with E-state index in [2.05, 4.69) is 17.4 Å². The van der Waals surface area contributed by atoms with Gasteiger partial charge in [0.05, 0.1) is 9.82 Å². The second-order valence-electron chi connectivity index (χ2n) is 6.81. The first-order chi connectivity index (χ1) is 11.9. The maximum absolute atomic E-state index is 11.7.